The van der Waals surface area contributed by atoms with Crippen LogP contribution in [0.1, 0.15) is 0 Å². The Labute approximate surface area is 137 Å². The number of nitro benzene ring substituents is 3. The van der Waals surface area contributed by atoms with Gasteiger partial charge in [-0.05, 0) is 17.0 Å². The standard InChI is InChI=1S/C12H8N6O7/c13-9-3-1-7(5-11(9)17(22)23)14-15(19)8-2-4-10(16(20)21)12(6-8)18(24)25/h1-6H,13H2. The number of anilines is 1. The lowest BCUT2D eigenvalue weighted by atomic mass is 10.2. The first kappa shape index (κ1) is 17.2. The van der Waals surface area contributed by atoms with Gasteiger partial charge in [-0.1, -0.05) is 0 Å². The molecule has 0 amide bonds. The van der Waals surface area contributed by atoms with Crippen LogP contribution in [0.25, 0.3) is 0 Å². The summed E-state index contributed by atoms with van der Waals surface area (Å²) >= 11 is 0. The van der Waals surface area contributed by atoms with E-state index in [1.807, 2.05) is 0 Å². The van der Waals surface area contributed by atoms with Gasteiger partial charge in [0.1, 0.15) is 11.4 Å². The van der Waals surface area contributed by atoms with E-state index in [-0.39, 0.29) is 21.9 Å². The molecule has 0 bridgehead atoms. The maximum Gasteiger partial charge on any atom is 0.352 e. The second-order valence-corrected chi connectivity index (χ2v) is 4.56. The zero-order valence-electron chi connectivity index (χ0n) is 12.1. The molecule has 128 valence electrons. The maximum absolute atomic E-state index is 12.0. The van der Waals surface area contributed by atoms with E-state index in [1.54, 1.807) is 0 Å². The van der Waals surface area contributed by atoms with Gasteiger partial charge in [-0.15, -0.1) is 0 Å². The summed E-state index contributed by atoms with van der Waals surface area (Å²) in [5.41, 5.74) is 2.65. The Morgan fingerprint density at radius 3 is 1.92 bits per heavy atom. The first-order valence-corrected chi connectivity index (χ1v) is 6.36. The van der Waals surface area contributed by atoms with Gasteiger partial charge in [-0.3, -0.25) is 30.3 Å². The highest BCUT2D eigenvalue weighted by atomic mass is 16.6. The number of nitrogen functional groups attached to an aromatic ring is 1. The van der Waals surface area contributed by atoms with Crippen LogP contribution in [-0.2, 0) is 0 Å². The zero-order valence-corrected chi connectivity index (χ0v) is 12.1. The predicted octanol–water partition coefficient (Wildman–Crippen LogP) is 2.92. The van der Waals surface area contributed by atoms with E-state index in [1.165, 1.54) is 12.1 Å². The quantitative estimate of drug-likeness (QED) is 0.280. The molecule has 0 heterocycles. The number of rotatable bonds is 5. The molecule has 0 aliphatic heterocycles. The minimum absolute atomic E-state index is 0.0496. The van der Waals surface area contributed by atoms with Crippen LogP contribution < -0.4 is 5.73 Å². The van der Waals surface area contributed by atoms with E-state index in [4.69, 9.17) is 5.73 Å². The van der Waals surface area contributed by atoms with Crippen LogP contribution in [0.3, 0.4) is 0 Å². The number of nitrogens with zero attached hydrogens (tertiary/aromatic N) is 5. The maximum atomic E-state index is 12.0. The van der Waals surface area contributed by atoms with E-state index >= 15 is 0 Å². The van der Waals surface area contributed by atoms with E-state index < -0.39 is 31.8 Å². The molecule has 2 rings (SSSR count). The van der Waals surface area contributed by atoms with Crippen LogP contribution in [0.15, 0.2) is 41.5 Å². The topological polar surface area (TPSA) is 194 Å². The molecule has 2 N–H and O–H groups in total. The van der Waals surface area contributed by atoms with Crippen LogP contribution in [0.4, 0.5) is 34.1 Å². The Kier molecular flexibility index (Phi) is 4.49. The van der Waals surface area contributed by atoms with Crippen molar-refractivity contribution >= 4 is 34.1 Å². The highest BCUT2D eigenvalue weighted by Crippen LogP contribution is 2.32. The number of hydrogen-bond acceptors (Lipinski definition) is 9. The van der Waals surface area contributed by atoms with Crippen LogP contribution >= 0.6 is 0 Å². The molecule has 0 aromatic heterocycles. The molecule has 0 unspecified atom stereocenters. The van der Waals surface area contributed by atoms with E-state index in [0.717, 1.165) is 18.2 Å². The highest BCUT2D eigenvalue weighted by molar-refractivity contribution is 5.63. The lowest BCUT2D eigenvalue weighted by Crippen LogP contribution is -1.99. The molecule has 13 nitrogen and oxygen atoms in total. The van der Waals surface area contributed by atoms with Gasteiger partial charge in [0, 0.05) is 17.2 Å². The van der Waals surface area contributed by atoms with Crippen molar-refractivity contribution in [2.24, 2.45) is 5.11 Å². The largest absolute Gasteiger partial charge is 0.594 e. The van der Waals surface area contributed by atoms with Crippen molar-refractivity contribution in [3.63, 3.8) is 0 Å². The fourth-order valence-corrected chi connectivity index (χ4v) is 1.85. The molecule has 0 atom stereocenters. The van der Waals surface area contributed by atoms with Gasteiger partial charge in [0.2, 0.25) is 0 Å². The van der Waals surface area contributed by atoms with E-state index in [0.29, 0.717) is 6.07 Å². The van der Waals surface area contributed by atoms with Gasteiger partial charge < -0.3 is 10.9 Å². The van der Waals surface area contributed by atoms with Crippen LogP contribution in [0, 0.1) is 35.6 Å². The number of nitro groups is 3. The van der Waals surface area contributed by atoms with Crippen molar-refractivity contribution in [1.29, 1.82) is 0 Å². The molecule has 0 saturated heterocycles. The minimum atomic E-state index is -1.01. The zero-order chi connectivity index (χ0) is 18.7. The van der Waals surface area contributed by atoms with E-state index in [9.17, 15) is 35.6 Å². The molecular weight excluding hydrogens is 340 g/mol. The van der Waals surface area contributed by atoms with Crippen molar-refractivity contribution in [3.05, 3.63) is 71.9 Å². The molecule has 0 radical (unpaired) electrons. The fraction of sp³-hybridized carbons (Fsp3) is 0. The fourth-order valence-electron chi connectivity index (χ4n) is 1.85. The molecule has 0 aliphatic rings. The average Bonchev–Trinajstić information content (AvgIpc) is 2.55. The van der Waals surface area contributed by atoms with Crippen LogP contribution in [0.5, 0.6) is 0 Å². The summed E-state index contributed by atoms with van der Waals surface area (Å²) in [6, 6.07) is 5.78. The molecule has 25 heavy (non-hydrogen) atoms. The van der Waals surface area contributed by atoms with Gasteiger partial charge in [0.25, 0.3) is 11.4 Å². The summed E-state index contributed by atoms with van der Waals surface area (Å²) in [5, 5.41) is 47.9. The SMILES string of the molecule is Nc1ccc(N=[N+]([O-])c2ccc([N+](=O)[O-])c([N+](=O)[O-])c2)cc1[N+](=O)[O-]. The van der Waals surface area contributed by atoms with Crippen molar-refractivity contribution < 1.29 is 19.6 Å². The normalized spacial score (nSPS) is 11.1. The first-order chi connectivity index (χ1) is 11.7. The van der Waals surface area contributed by atoms with Crippen LogP contribution in [0.2, 0.25) is 0 Å². The van der Waals surface area contributed by atoms with Gasteiger partial charge in [-0.2, -0.15) is 0 Å². The van der Waals surface area contributed by atoms with Crippen molar-refractivity contribution in [3.8, 4) is 0 Å². The number of azo groups is 1. The summed E-state index contributed by atoms with van der Waals surface area (Å²) in [4.78, 5) is 29.6. The van der Waals surface area contributed by atoms with Gasteiger partial charge >= 0.3 is 11.4 Å². The molecule has 0 aliphatic carbocycles. The Morgan fingerprint density at radius 2 is 1.36 bits per heavy atom. The lowest BCUT2D eigenvalue weighted by molar-refractivity contribution is -0.439. The summed E-state index contributed by atoms with van der Waals surface area (Å²) in [7, 11) is 0. The summed E-state index contributed by atoms with van der Waals surface area (Å²) in [5.74, 6) is 0. The monoisotopic (exact) mass is 348 g/mol. The lowest BCUT2D eigenvalue weighted by Gasteiger charge is -2.01. The third kappa shape index (κ3) is 3.61. The van der Waals surface area contributed by atoms with Gasteiger partial charge in [0.05, 0.1) is 26.9 Å². The molecule has 0 fully saturated rings. The summed E-state index contributed by atoms with van der Waals surface area (Å²) in [6.07, 6.45) is 0. The Hall–Kier alpha value is -4.16. The average molecular weight is 348 g/mol. The van der Waals surface area contributed by atoms with Crippen LogP contribution in [-0.4, -0.2) is 19.6 Å². The smallest absolute Gasteiger partial charge is 0.352 e. The second kappa shape index (κ2) is 6.53. The Morgan fingerprint density at radius 1 is 0.760 bits per heavy atom. The number of hydrogen-bond donors (Lipinski definition) is 1. The highest BCUT2D eigenvalue weighted by Gasteiger charge is 2.27. The van der Waals surface area contributed by atoms with Crippen molar-refractivity contribution in [2.45, 2.75) is 0 Å². The Balaban J connectivity index is 2.48. The predicted molar refractivity (Wildman–Crippen MR) is 82.6 cm³/mol. The molecule has 13 heteroatoms. The third-order valence-electron chi connectivity index (χ3n) is 2.99. The van der Waals surface area contributed by atoms with Crippen molar-refractivity contribution in [2.75, 3.05) is 5.73 Å². The van der Waals surface area contributed by atoms with E-state index in [2.05, 4.69) is 5.11 Å². The van der Waals surface area contributed by atoms with Gasteiger partial charge in [0.15, 0.2) is 0 Å². The van der Waals surface area contributed by atoms with Crippen molar-refractivity contribution in [1.82, 2.24) is 0 Å². The number of nitrogens with two attached hydrogens (primary N) is 1. The molecule has 0 spiro atoms. The summed E-state index contributed by atoms with van der Waals surface area (Å²) in [6.45, 7) is 0. The first-order valence-electron chi connectivity index (χ1n) is 6.36. The Bertz CT molecular complexity index is 926. The van der Waals surface area contributed by atoms with Gasteiger partial charge in [-0.25, -0.2) is 0 Å². The summed E-state index contributed by atoms with van der Waals surface area (Å²) < 4.78 is 0. The molecule has 0 saturated carbocycles. The third-order valence-corrected chi connectivity index (χ3v) is 2.99. The second-order valence-electron chi connectivity index (χ2n) is 4.56. The molecule has 2 aromatic rings. The number of benzene rings is 2. The molecular formula is C12H8N6O7. The minimum Gasteiger partial charge on any atom is -0.594 e. The molecule has 2 aromatic carbocycles.